The third-order valence-electron chi connectivity index (χ3n) is 4.22. The molecule has 3 rings (SSSR count). The topological polar surface area (TPSA) is 36.4 Å². The van der Waals surface area contributed by atoms with Gasteiger partial charge in [-0.25, -0.2) is 4.98 Å². The highest BCUT2D eigenvalue weighted by atomic mass is 35.5. The molecule has 29 heavy (non-hydrogen) atoms. The van der Waals surface area contributed by atoms with Crippen LogP contribution in [-0.4, -0.2) is 48.7 Å². The molecule has 0 aliphatic carbocycles. The predicted molar refractivity (Wildman–Crippen MR) is 130 cm³/mol. The second kappa shape index (κ2) is 11.2. The number of aromatic nitrogens is 1. The number of carbonyl (C=O) groups is 1. The van der Waals surface area contributed by atoms with E-state index in [0.29, 0.717) is 11.6 Å². The molecule has 2 aromatic carbocycles. The second-order valence-corrected chi connectivity index (χ2v) is 9.40. The highest BCUT2D eigenvalue weighted by Gasteiger charge is 2.23. The third kappa shape index (κ3) is 6.09. The molecule has 0 radical (unpaired) electrons. The van der Waals surface area contributed by atoms with Gasteiger partial charge in [0.15, 0.2) is 5.13 Å². The summed E-state index contributed by atoms with van der Waals surface area (Å²) in [5.41, 5.74) is 1.60. The number of carbonyl (C=O) groups excluding carboxylic acids is 1. The van der Waals surface area contributed by atoms with E-state index >= 15 is 0 Å². The van der Waals surface area contributed by atoms with Gasteiger partial charge in [0, 0.05) is 16.5 Å². The van der Waals surface area contributed by atoms with Crippen molar-refractivity contribution in [1.29, 1.82) is 0 Å². The molecule has 0 atom stereocenters. The molecule has 1 heterocycles. The molecule has 3 aromatic rings. The number of anilines is 1. The van der Waals surface area contributed by atoms with Crippen molar-refractivity contribution in [3.05, 3.63) is 53.1 Å². The maximum atomic E-state index is 13.5. The van der Waals surface area contributed by atoms with Crippen LogP contribution in [0.1, 0.15) is 23.7 Å². The third-order valence-corrected chi connectivity index (χ3v) is 6.45. The van der Waals surface area contributed by atoms with Crippen molar-refractivity contribution in [3.8, 4) is 0 Å². The van der Waals surface area contributed by atoms with Gasteiger partial charge in [-0.15, -0.1) is 24.2 Å². The first-order valence-electron chi connectivity index (χ1n) is 9.24. The Balaban J connectivity index is 0.00000300. The highest BCUT2D eigenvalue weighted by molar-refractivity contribution is 7.99. The van der Waals surface area contributed by atoms with Crippen LogP contribution in [-0.2, 0) is 0 Å². The predicted octanol–water partition coefficient (Wildman–Crippen LogP) is 6.08. The minimum absolute atomic E-state index is 0. The number of fused-ring (bicyclic) bond motifs is 1. The van der Waals surface area contributed by atoms with Crippen molar-refractivity contribution in [1.82, 2.24) is 9.88 Å². The first-order chi connectivity index (χ1) is 13.5. The summed E-state index contributed by atoms with van der Waals surface area (Å²) >= 11 is 9.33. The molecular formula is C21H25Cl2N3OS2. The summed E-state index contributed by atoms with van der Waals surface area (Å²) in [4.78, 5) is 23.2. The van der Waals surface area contributed by atoms with E-state index in [1.54, 1.807) is 11.8 Å². The fourth-order valence-electron chi connectivity index (χ4n) is 2.90. The number of amides is 1. The quantitative estimate of drug-likeness (QED) is 0.374. The number of thiazole rings is 1. The average Bonchev–Trinajstić information content (AvgIpc) is 3.08. The standard InChI is InChI=1S/C21H24ClN3OS2.ClH/c1-4-27-18-9-6-5-8-16(18)20(26)25(13-7-12-24(2)3)21-23-17-11-10-15(22)14-19(17)28-21;/h5-6,8-11,14H,4,7,12-13H2,1-3H3;1H. The van der Waals surface area contributed by atoms with Crippen LogP contribution in [0.15, 0.2) is 47.4 Å². The largest absolute Gasteiger partial charge is 0.309 e. The van der Waals surface area contributed by atoms with Crippen LogP contribution < -0.4 is 4.90 Å². The molecule has 0 N–H and O–H groups in total. The van der Waals surface area contributed by atoms with Crippen molar-refractivity contribution < 1.29 is 4.79 Å². The van der Waals surface area contributed by atoms with E-state index in [1.807, 2.05) is 61.5 Å². The van der Waals surface area contributed by atoms with E-state index in [1.165, 1.54) is 11.3 Å². The van der Waals surface area contributed by atoms with Gasteiger partial charge < -0.3 is 4.90 Å². The molecule has 0 fully saturated rings. The minimum Gasteiger partial charge on any atom is -0.309 e. The van der Waals surface area contributed by atoms with Crippen LogP contribution in [0, 0.1) is 0 Å². The minimum atomic E-state index is 0. The van der Waals surface area contributed by atoms with E-state index in [0.717, 1.165) is 44.5 Å². The van der Waals surface area contributed by atoms with Gasteiger partial charge >= 0.3 is 0 Å². The Morgan fingerprint density at radius 1 is 1.17 bits per heavy atom. The van der Waals surface area contributed by atoms with Crippen LogP contribution >= 0.6 is 47.1 Å². The lowest BCUT2D eigenvalue weighted by molar-refractivity contribution is 0.0983. The molecule has 0 saturated heterocycles. The molecule has 1 aromatic heterocycles. The fourth-order valence-corrected chi connectivity index (χ4v) is 4.96. The monoisotopic (exact) mass is 469 g/mol. The molecule has 156 valence electrons. The molecule has 0 saturated carbocycles. The molecule has 8 heteroatoms. The zero-order chi connectivity index (χ0) is 20.1. The van der Waals surface area contributed by atoms with Gasteiger partial charge in [0.05, 0.1) is 15.8 Å². The van der Waals surface area contributed by atoms with Crippen molar-refractivity contribution in [3.63, 3.8) is 0 Å². The Morgan fingerprint density at radius 2 is 1.93 bits per heavy atom. The van der Waals surface area contributed by atoms with Crippen molar-refractivity contribution in [2.45, 2.75) is 18.2 Å². The van der Waals surface area contributed by atoms with Crippen molar-refractivity contribution in [2.24, 2.45) is 0 Å². The Hall–Kier alpha value is -1.31. The van der Waals surface area contributed by atoms with Crippen LogP contribution in [0.2, 0.25) is 5.02 Å². The van der Waals surface area contributed by atoms with E-state index in [2.05, 4.69) is 11.8 Å². The molecule has 4 nitrogen and oxygen atoms in total. The highest BCUT2D eigenvalue weighted by Crippen LogP contribution is 2.33. The summed E-state index contributed by atoms with van der Waals surface area (Å²) in [6, 6.07) is 13.5. The molecule has 0 spiro atoms. The normalized spacial score (nSPS) is 10.9. The van der Waals surface area contributed by atoms with E-state index in [9.17, 15) is 4.79 Å². The number of hydrogen-bond donors (Lipinski definition) is 0. The zero-order valence-corrected chi connectivity index (χ0v) is 19.9. The van der Waals surface area contributed by atoms with Crippen LogP contribution in [0.25, 0.3) is 10.2 Å². The molecule has 0 aliphatic rings. The summed E-state index contributed by atoms with van der Waals surface area (Å²) in [6.45, 7) is 3.62. The summed E-state index contributed by atoms with van der Waals surface area (Å²) in [6.07, 6.45) is 0.874. The van der Waals surface area contributed by atoms with Gasteiger partial charge in [0.1, 0.15) is 0 Å². The number of nitrogens with zero attached hydrogens (tertiary/aromatic N) is 3. The number of hydrogen-bond acceptors (Lipinski definition) is 5. The first-order valence-corrected chi connectivity index (χ1v) is 11.4. The Labute approximate surface area is 191 Å². The summed E-state index contributed by atoms with van der Waals surface area (Å²) in [7, 11) is 4.08. The molecule has 1 amide bonds. The zero-order valence-electron chi connectivity index (χ0n) is 16.7. The van der Waals surface area contributed by atoms with Gasteiger partial charge in [-0.3, -0.25) is 9.69 Å². The molecule has 0 bridgehead atoms. The van der Waals surface area contributed by atoms with Gasteiger partial charge in [-0.05, 0) is 63.1 Å². The van der Waals surface area contributed by atoms with Crippen LogP contribution in [0.4, 0.5) is 5.13 Å². The number of rotatable bonds is 8. The maximum absolute atomic E-state index is 13.5. The summed E-state index contributed by atoms with van der Waals surface area (Å²) < 4.78 is 0.990. The maximum Gasteiger partial charge on any atom is 0.261 e. The number of benzene rings is 2. The summed E-state index contributed by atoms with van der Waals surface area (Å²) in [5, 5.41) is 1.40. The van der Waals surface area contributed by atoms with Gasteiger partial charge in [-0.2, -0.15) is 0 Å². The van der Waals surface area contributed by atoms with Crippen molar-refractivity contribution >= 4 is 68.4 Å². The van der Waals surface area contributed by atoms with E-state index in [-0.39, 0.29) is 18.3 Å². The Morgan fingerprint density at radius 3 is 2.66 bits per heavy atom. The van der Waals surface area contributed by atoms with E-state index < -0.39 is 0 Å². The van der Waals surface area contributed by atoms with Crippen LogP contribution in [0.3, 0.4) is 0 Å². The van der Waals surface area contributed by atoms with E-state index in [4.69, 9.17) is 16.6 Å². The molecule has 0 unspecified atom stereocenters. The molecular weight excluding hydrogens is 445 g/mol. The van der Waals surface area contributed by atoms with Gasteiger partial charge in [0.25, 0.3) is 5.91 Å². The Kier molecular flexibility index (Phi) is 9.24. The summed E-state index contributed by atoms with van der Waals surface area (Å²) in [5.74, 6) is 0.922. The first kappa shape index (κ1) is 24.0. The van der Waals surface area contributed by atoms with Crippen molar-refractivity contribution in [2.75, 3.05) is 37.8 Å². The van der Waals surface area contributed by atoms with Crippen LogP contribution in [0.5, 0.6) is 0 Å². The number of thioether (sulfide) groups is 1. The average molecular weight is 470 g/mol. The smallest absolute Gasteiger partial charge is 0.261 e. The lowest BCUT2D eigenvalue weighted by Gasteiger charge is -2.22. The SMILES string of the molecule is CCSc1ccccc1C(=O)N(CCCN(C)C)c1nc2ccc(Cl)cc2s1.Cl. The van der Waals surface area contributed by atoms with Gasteiger partial charge in [-0.1, -0.05) is 42.0 Å². The van der Waals surface area contributed by atoms with Gasteiger partial charge in [0.2, 0.25) is 0 Å². The molecule has 0 aliphatic heterocycles. The lowest BCUT2D eigenvalue weighted by atomic mass is 10.2. The fraction of sp³-hybridized carbons (Fsp3) is 0.333. The lowest BCUT2D eigenvalue weighted by Crippen LogP contribution is -2.33. The number of halogens is 2. The Bertz CT molecular complexity index is 962. The second-order valence-electron chi connectivity index (χ2n) is 6.65.